The molecule has 0 aliphatic carbocycles. The van der Waals surface area contributed by atoms with Gasteiger partial charge in [0.2, 0.25) is 5.91 Å². The van der Waals surface area contributed by atoms with E-state index in [0.717, 1.165) is 6.42 Å². The van der Waals surface area contributed by atoms with Gasteiger partial charge < -0.3 is 10.4 Å². The number of hydrogen-bond donors (Lipinski definition) is 2. The molecule has 1 atom stereocenters. The highest BCUT2D eigenvalue weighted by Crippen LogP contribution is 2.27. The molecule has 1 unspecified atom stereocenters. The minimum atomic E-state index is -0.930. The average Bonchev–Trinajstić information content (AvgIpc) is 2.47. The second-order valence-corrected chi connectivity index (χ2v) is 7.87. The molecule has 26 heavy (non-hydrogen) atoms. The normalized spacial score (nSPS) is 12.5. The highest BCUT2D eigenvalue weighted by atomic mass is 35.5. The fourth-order valence-electron chi connectivity index (χ4n) is 2.76. The van der Waals surface area contributed by atoms with E-state index in [4.69, 9.17) is 5.11 Å². The third kappa shape index (κ3) is 6.96. The molecule has 1 amide bonds. The first kappa shape index (κ1) is 24.4. The number of benzene rings is 1. The number of nitrogens with one attached hydrogen (secondary N) is 1. The van der Waals surface area contributed by atoms with E-state index in [9.17, 15) is 9.59 Å². The zero-order valence-electron chi connectivity index (χ0n) is 17.0. The van der Waals surface area contributed by atoms with Crippen molar-refractivity contribution in [3.8, 4) is 0 Å². The molecule has 0 radical (unpaired) electrons. The van der Waals surface area contributed by atoms with Crippen LogP contribution in [0.5, 0.6) is 0 Å². The fourth-order valence-corrected chi connectivity index (χ4v) is 2.76. The van der Waals surface area contributed by atoms with Gasteiger partial charge in [-0.25, -0.2) is 0 Å². The summed E-state index contributed by atoms with van der Waals surface area (Å²) < 4.78 is 0. The lowest BCUT2D eigenvalue weighted by molar-refractivity contribution is -0.142. The van der Waals surface area contributed by atoms with Crippen molar-refractivity contribution in [2.75, 3.05) is 20.1 Å². The largest absolute Gasteiger partial charge is 0.480 e. The van der Waals surface area contributed by atoms with Gasteiger partial charge in [0.05, 0.1) is 6.54 Å². The molecule has 0 heterocycles. The summed E-state index contributed by atoms with van der Waals surface area (Å²) in [5.41, 5.74) is 5.19. The topological polar surface area (TPSA) is 69.6 Å². The molecule has 5 nitrogen and oxygen atoms in total. The molecular formula is C20H33ClN2O3. The van der Waals surface area contributed by atoms with E-state index < -0.39 is 12.0 Å². The van der Waals surface area contributed by atoms with E-state index in [1.165, 1.54) is 27.2 Å². The smallest absolute Gasteiger partial charge is 0.320 e. The third-order valence-corrected chi connectivity index (χ3v) is 4.67. The Bertz CT molecular complexity index is 615. The summed E-state index contributed by atoms with van der Waals surface area (Å²) in [7, 11) is 1.64. The van der Waals surface area contributed by atoms with Crippen molar-refractivity contribution < 1.29 is 14.7 Å². The monoisotopic (exact) mass is 384 g/mol. The first-order valence-corrected chi connectivity index (χ1v) is 8.73. The molecule has 2 N–H and O–H groups in total. The number of rotatable bonds is 7. The second-order valence-electron chi connectivity index (χ2n) is 7.87. The van der Waals surface area contributed by atoms with Gasteiger partial charge in [-0.3, -0.25) is 14.5 Å². The number of amides is 1. The molecule has 1 rings (SSSR count). The highest BCUT2D eigenvalue weighted by molar-refractivity contribution is 5.85. The summed E-state index contributed by atoms with van der Waals surface area (Å²) in [6.45, 7) is 13.0. The number of hydrogen-bond acceptors (Lipinski definition) is 3. The Labute approximate surface area is 163 Å². The van der Waals surface area contributed by atoms with Crippen molar-refractivity contribution in [3.63, 3.8) is 0 Å². The lowest BCUT2D eigenvalue weighted by atomic mass is 9.83. The summed E-state index contributed by atoms with van der Waals surface area (Å²) >= 11 is 0. The van der Waals surface area contributed by atoms with Crippen LogP contribution in [0.15, 0.2) is 12.1 Å². The SMILES string of the molecule is Cc1cc(C(C)(C)C)cc(C)c1CCNC(=O)CN(C)C(C)C(=O)O.Cl. The third-order valence-electron chi connectivity index (χ3n) is 4.67. The quantitative estimate of drug-likeness (QED) is 0.757. The van der Waals surface area contributed by atoms with E-state index >= 15 is 0 Å². The van der Waals surface area contributed by atoms with E-state index in [1.54, 1.807) is 14.0 Å². The zero-order chi connectivity index (χ0) is 19.4. The number of carbonyl (C=O) groups excluding carboxylic acids is 1. The van der Waals surface area contributed by atoms with Crippen molar-refractivity contribution in [1.82, 2.24) is 10.2 Å². The molecule has 1 aromatic rings. The van der Waals surface area contributed by atoms with Crippen LogP contribution in [0, 0.1) is 13.8 Å². The van der Waals surface area contributed by atoms with Crippen LogP contribution in [0.4, 0.5) is 0 Å². The maximum atomic E-state index is 12.0. The van der Waals surface area contributed by atoms with E-state index in [-0.39, 0.29) is 30.3 Å². The second kappa shape index (κ2) is 9.93. The van der Waals surface area contributed by atoms with Crippen LogP contribution in [-0.2, 0) is 21.4 Å². The predicted molar refractivity (Wildman–Crippen MR) is 108 cm³/mol. The molecule has 6 heteroatoms. The number of likely N-dealkylation sites (N-methyl/N-ethyl adjacent to an activating group) is 1. The van der Waals surface area contributed by atoms with Crippen molar-refractivity contribution in [3.05, 3.63) is 34.4 Å². The van der Waals surface area contributed by atoms with Crippen molar-refractivity contribution in [1.29, 1.82) is 0 Å². The van der Waals surface area contributed by atoms with Crippen LogP contribution in [0.2, 0.25) is 0 Å². The van der Waals surface area contributed by atoms with Crippen molar-refractivity contribution in [2.24, 2.45) is 0 Å². The maximum Gasteiger partial charge on any atom is 0.320 e. The lowest BCUT2D eigenvalue weighted by Gasteiger charge is -2.23. The standard InChI is InChI=1S/C20H32N2O3.ClH/c1-13-10-16(20(4,5)6)11-14(2)17(13)8-9-21-18(23)12-22(7)15(3)19(24)25;/h10-11,15H,8-9,12H2,1-7H3,(H,21,23)(H,24,25);1H. The number of halogens is 1. The minimum Gasteiger partial charge on any atom is -0.480 e. The molecule has 0 fully saturated rings. The van der Waals surface area contributed by atoms with Crippen LogP contribution < -0.4 is 5.32 Å². The van der Waals surface area contributed by atoms with Crippen LogP contribution in [-0.4, -0.2) is 48.1 Å². The van der Waals surface area contributed by atoms with E-state index in [1.807, 2.05) is 0 Å². The van der Waals surface area contributed by atoms with Gasteiger partial charge in [0.25, 0.3) is 0 Å². The molecule has 0 saturated carbocycles. The average molecular weight is 385 g/mol. The number of aryl methyl sites for hydroxylation is 2. The van der Waals surface area contributed by atoms with Gasteiger partial charge in [0.1, 0.15) is 6.04 Å². The fraction of sp³-hybridized carbons (Fsp3) is 0.600. The molecule has 0 aliphatic rings. The summed E-state index contributed by atoms with van der Waals surface area (Å²) in [5.74, 6) is -1.09. The Morgan fingerprint density at radius 2 is 1.69 bits per heavy atom. The summed E-state index contributed by atoms with van der Waals surface area (Å²) in [6, 6.07) is 3.78. The van der Waals surface area contributed by atoms with Gasteiger partial charge in [-0.15, -0.1) is 12.4 Å². The summed E-state index contributed by atoms with van der Waals surface area (Å²) in [5, 5.41) is 11.8. The van der Waals surface area contributed by atoms with E-state index in [0.29, 0.717) is 6.54 Å². The maximum absolute atomic E-state index is 12.0. The number of aliphatic carboxylic acids is 1. The number of carboxylic acids is 1. The Morgan fingerprint density at radius 3 is 2.12 bits per heavy atom. The van der Waals surface area contributed by atoms with Gasteiger partial charge in [-0.2, -0.15) is 0 Å². The van der Waals surface area contributed by atoms with Gasteiger partial charge in [-0.1, -0.05) is 32.9 Å². The zero-order valence-corrected chi connectivity index (χ0v) is 17.8. The first-order valence-electron chi connectivity index (χ1n) is 8.73. The molecular weight excluding hydrogens is 352 g/mol. The van der Waals surface area contributed by atoms with Crippen LogP contribution in [0.1, 0.15) is 49.9 Å². The predicted octanol–water partition coefficient (Wildman–Crippen LogP) is 3.09. The first-order chi connectivity index (χ1) is 11.4. The van der Waals surface area contributed by atoms with Crippen molar-refractivity contribution >= 4 is 24.3 Å². The van der Waals surface area contributed by atoms with Gasteiger partial charge in [0, 0.05) is 6.54 Å². The van der Waals surface area contributed by atoms with Crippen molar-refractivity contribution in [2.45, 2.75) is 59.4 Å². The number of carboxylic acid groups (broad SMARTS) is 1. The van der Waals surface area contributed by atoms with E-state index in [2.05, 4.69) is 52.1 Å². The molecule has 0 aliphatic heterocycles. The Balaban J connectivity index is 0.00000625. The molecule has 0 saturated heterocycles. The van der Waals surface area contributed by atoms with Gasteiger partial charge in [-0.05, 0) is 61.9 Å². The highest BCUT2D eigenvalue weighted by Gasteiger charge is 2.19. The molecule has 1 aromatic carbocycles. The number of nitrogens with zero attached hydrogens (tertiary/aromatic N) is 1. The molecule has 0 bridgehead atoms. The summed E-state index contributed by atoms with van der Waals surface area (Å²) in [4.78, 5) is 24.4. The Kier molecular flexibility index (Phi) is 9.32. The molecule has 148 valence electrons. The number of carbonyl (C=O) groups is 2. The Hall–Kier alpha value is -1.59. The Morgan fingerprint density at radius 1 is 1.19 bits per heavy atom. The lowest BCUT2D eigenvalue weighted by Crippen LogP contribution is -2.43. The van der Waals surface area contributed by atoms with Crippen LogP contribution in [0.3, 0.4) is 0 Å². The molecule has 0 aromatic heterocycles. The van der Waals surface area contributed by atoms with Gasteiger partial charge >= 0.3 is 5.97 Å². The van der Waals surface area contributed by atoms with Gasteiger partial charge in [0.15, 0.2) is 0 Å². The molecule has 0 spiro atoms. The van der Waals surface area contributed by atoms with Crippen LogP contribution in [0.25, 0.3) is 0 Å². The summed E-state index contributed by atoms with van der Waals surface area (Å²) in [6.07, 6.45) is 0.770. The van der Waals surface area contributed by atoms with Crippen LogP contribution >= 0.6 is 12.4 Å². The minimum absolute atomic E-state index is 0.